The Balaban J connectivity index is 1.86. The minimum atomic E-state index is -2.88. The van der Waals surface area contributed by atoms with Crippen LogP contribution >= 0.6 is 0 Å². The molecule has 1 N–H and O–H groups in total. The van der Waals surface area contributed by atoms with E-state index in [2.05, 4.69) is 10.1 Å². The number of amides is 1. The van der Waals surface area contributed by atoms with Crippen LogP contribution in [-0.4, -0.2) is 19.6 Å². The molecule has 0 aliphatic carbocycles. The summed E-state index contributed by atoms with van der Waals surface area (Å²) in [7, 11) is 1.56. The number of hydrogen-bond acceptors (Lipinski definition) is 3. The van der Waals surface area contributed by atoms with Crippen LogP contribution in [0.4, 0.5) is 8.78 Å². The van der Waals surface area contributed by atoms with Crippen molar-refractivity contribution >= 4 is 5.91 Å². The highest BCUT2D eigenvalue weighted by molar-refractivity contribution is 5.94. The molecule has 0 unspecified atom stereocenters. The lowest BCUT2D eigenvalue weighted by molar-refractivity contribution is -0.0498. The molecule has 3 aromatic rings. The van der Waals surface area contributed by atoms with Gasteiger partial charge in [0, 0.05) is 5.56 Å². The van der Waals surface area contributed by atoms with Crippen LogP contribution in [0.2, 0.25) is 0 Å². The molecule has 1 amide bonds. The Bertz CT molecular complexity index is 897. The minimum absolute atomic E-state index is 0.0621. The van der Waals surface area contributed by atoms with Gasteiger partial charge >= 0.3 is 6.61 Å². The number of carbonyl (C=O) groups is 1. The summed E-state index contributed by atoms with van der Waals surface area (Å²) in [5.41, 5.74) is 2.10. The summed E-state index contributed by atoms with van der Waals surface area (Å²) in [4.78, 5) is 12.7. The van der Waals surface area contributed by atoms with Crippen molar-refractivity contribution in [2.24, 2.45) is 0 Å². The number of carbonyl (C=O) groups excluding carboxylic acids is 1. The van der Waals surface area contributed by atoms with Crippen molar-refractivity contribution in [3.63, 3.8) is 0 Å². The zero-order valence-corrected chi connectivity index (χ0v) is 15.1. The van der Waals surface area contributed by atoms with Gasteiger partial charge in [0.1, 0.15) is 11.5 Å². The van der Waals surface area contributed by atoms with Gasteiger partial charge < -0.3 is 14.8 Å². The summed E-state index contributed by atoms with van der Waals surface area (Å²) in [5.74, 6) is 0.460. The molecule has 4 nitrogen and oxygen atoms in total. The van der Waals surface area contributed by atoms with Crippen LogP contribution < -0.4 is 14.8 Å². The van der Waals surface area contributed by atoms with Gasteiger partial charge in [0.2, 0.25) is 0 Å². The molecule has 28 heavy (non-hydrogen) atoms. The van der Waals surface area contributed by atoms with E-state index in [4.69, 9.17) is 4.74 Å². The predicted molar refractivity (Wildman–Crippen MR) is 102 cm³/mol. The van der Waals surface area contributed by atoms with E-state index in [9.17, 15) is 13.6 Å². The molecule has 0 fully saturated rings. The molecule has 144 valence electrons. The molecule has 0 aliphatic heterocycles. The van der Waals surface area contributed by atoms with Crippen LogP contribution in [0.15, 0.2) is 78.9 Å². The molecule has 0 bridgehead atoms. The Labute approximate surface area is 161 Å². The molecule has 0 saturated heterocycles. The van der Waals surface area contributed by atoms with Crippen LogP contribution in [-0.2, 0) is 0 Å². The summed E-state index contributed by atoms with van der Waals surface area (Å²) in [6.45, 7) is -2.88. The molecular formula is C22H19F2NO3. The first kappa shape index (κ1) is 19.4. The minimum Gasteiger partial charge on any atom is -0.497 e. The lowest BCUT2D eigenvalue weighted by Gasteiger charge is -2.20. The van der Waals surface area contributed by atoms with Gasteiger partial charge in [0.15, 0.2) is 0 Å². The number of alkyl halides is 2. The first-order valence-corrected chi connectivity index (χ1v) is 8.61. The van der Waals surface area contributed by atoms with Gasteiger partial charge in [-0.15, -0.1) is 0 Å². The average molecular weight is 383 g/mol. The Morgan fingerprint density at radius 2 is 1.39 bits per heavy atom. The molecule has 0 heterocycles. The van der Waals surface area contributed by atoms with Gasteiger partial charge in [-0.2, -0.15) is 8.78 Å². The van der Waals surface area contributed by atoms with Crippen LogP contribution in [0.5, 0.6) is 11.5 Å². The average Bonchev–Trinajstić information content (AvgIpc) is 2.73. The third kappa shape index (κ3) is 4.85. The highest BCUT2D eigenvalue weighted by Crippen LogP contribution is 2.25. The number of rotatable bonds is 7. The van der Waals surface area contributed by atoms with Crippen LogP contribution in [0.3, 0.4) is 0 Å². The molecule has 0 radical (unpaired) electrons. The van der Waals surface area contributed by atoms with Crippen molar-refractivity contribution in [2.75, 3.05) is 7.11 Å². The number of nitrogens with one attached hydrogen (secondary N) is 1. The molecule has 0 aliphatic rings. The Morgan fingerprint density at radius 1 is 0.821 bits per heavy atom. The summed E-state index contributed by atoms with van der Waals surface area (Å²) in [5, 5.41) is 2.99. The van der Waals surface area contributed by atoms with E-state index < -0.39 is 12.7 Å². The van der Waals surface area contributed by atoms with Crippen molar-refractivity contribution in [3.05, 3.63) is 95.6 Å². The van der Waals surface area contributed by atoms with Crippen molar-refractivity contribution in [1.29, 1.82) is 0 Å². The van der Waals surface area contributed by atoms with Crippen LogP contribution in [0.25, 0.3) is 0 Å². The standard InChI is InChI=1S/C22H19F2NO3/c1-27-18-11-9-17(10-12-18)21(26)25-20(15-5-3-2-4-6-15)16-7-13-19(14-8-16)28-22(23)24/h2-14,20,22H,1H3,(H,25,26)/t20-/m0/s1. The fourth-order valence-corrected chi connectivity index (χ4v) is 2.80. The smallest absolute Gasteiger partial charge is 0.387 e. The SMILES string of the molecule is COc1ccc(C(=O)N[C@@H](c2ccccc2)c2ccc(OC(F)F)cc2)cc1. The van der Waals surface area contributed by atoms with E-state index in [1.165, 1.54) is 12.1 Å². The van der Waals surface area contributed by atoms with Gasteiger partial charge in [0.25, 0.3) is 5.91 Å². The number of methoxy groups -OCH3 is 1. The summed E-state index contributed by atoms with van der Waals surface area (Å²) >= 11 is 0. The van der Waals surface area contributed by atoms with E-state index in [0.717, 1.165) is 11.1 Å². The monoisotopic (exact) mass is 383 g/mol. The van der Waals surface area contributed by atoms with Crippen molar-refractivity contribution < 1.29 is 23.0 Å². The molecule has 3 aromatic carbocycles. The fraction of sp³-hybridized carbons (Fsp3) is 0.136. The second-order valence-corrected chi connectivity index (χ2v) is 5.99. The zero-order valence-electron chi connectivity index (χ0n) is 15.1. The van der Waals surface area contributed by atoms with E-state index >= 15 is 0 Å². The topological polar surface area (TPSA) is 47.6 Å². The van der Waals surface area contributed by atoms with Gasteiger partial charge in [-0.1, -0.05) is 42.5 Å². The maximum atomic E-state index is 12.7. The van der Waals surface area contributed by atoms with Crippen molar-refractivity contribution in [2.45, 2.75) is 12.7 Å². The van der Waals surface area contributed by atoms with Crippen molar-refractivity contribution in [3.8, 4) is 11.5 Å². The van der Waals surface area contributed by atoms with Gasteiger partial charge in [0.05, 0.1) is 13.2 Å². The molecular weight excluding hydrogens is 364 g/mol. The highest BCUT2D eigenvalue weighted by Gasteiger charge is 2.18. The molecule has 1 atom stereocenters. The first-order chi connectivity index (χ1) is 13.6. The van der Waals surface area contributed by atoms with Crippen LogP contribution in [0, 0.1) is 0 Å². The third-order valence-electron chi connectivity index (χ3n) is 4.20. The second-order valence-electron chi connectivity index (χ2n) is 5.99. The van der Waals surface area contributed by atoms with Gasteiger partial charge in [-0.25, -0.2) is 0 Å². The summed E-state index contributed by atoms with van der Waals surface area (Å²) < 4.78 is 34.2. The van der Waals surface area contributed by atoms with Crippen molar-refractivity contribution in [1.82, 2.24) is 5.32 Å². The number of hydrogen-bond donors (Lipinski definition) is 1. The molecule has 0 aromatic heterocycles. The lowest BCUT2D eigenvalue weighted by atomic mass is 9.98. The number of halogens is 2. The third-order valence-corrected chi connectivity index (χ3v) is 4.20. The summed E-state index contributed by atoms with van der Waals surface area (Å²) in [6.07, 6.45) is 0. The van der Waals surface area contributed by atoms with E-state index in [1.807, 2.05) is 30.3 Å². The predicted octanol–water partition coefficient (Wildman–Crippen LogP) is 4.82. The van der Waals surface area contributed by atoms with E-state index in [1.54, 1.807) is 43.5 Å². The quantitative estimate of drug-likeness (QED) is 0.637. The maximum absolute atomic E-state index is 12.7. The lowest BCUT2D eigenvalue weighted by Crippen LogP contribution is -2.29. The first-order valence-electron chi connectivity index (χ1n) is 8.61. The second kappa shape index (κ2) is 8.99. The summed E-state index contributed by atoms with van der Waals surface area (Å²) in [6, 6.07) is 22.0. The zero-order chi connectivity index (χ0) is 19.9. The fourth-order valence-electron chi connectivity index (χ4n) is 2.80. The number of benzene rings is 3. The number of ether oxygens (including phenoxy) is 2. The highest BCUT2D eigenvalue weighted by atomic mass is 19.3. The Morgan fingerprint density at radius 3 is 1.96 bits per heavy atom. The van der Waals surface area contributed by atoms with Gasteiger partial charge in [-0.05, 0) is 47.5 Å². The largest absolute Gasteiger partial charge is 0.497 e. The Kier molecular flexibility index (Phi) is 6.22. The molecule has 0 spiro atoms. The Hall–Kier alpha value is -3.41. The van der Waals surface area contributed by atoms with E-state index in [0.29, 0.717) is 11.3 Å². The molecule has 0 saturated carbocycles. The van der Waals surface area contributed by atoms with Gasteiger partial charge in [-0.3, -0.25) is 4.79 Å². The normalized spacial score (nSPS) is 11.7. The van der Waals surface area contributed by atoms with E-state index in [-0.39, 0.29) is 11.7 Å². The maximum Gasteiger partial charge on any atom is 0.387 e. The molecule has 3 rings (SSSR count). The molecule has 6 heteroatoms. The van der Waals surface area contributed by atoms with Crippen LogP contribution in [0.1, 0.15) is 27.5 Å².